The van der Waals surface area contributed by atoms with Gasteiger partial charge in [-0.3, -0.25) is 9.59 Å². The minimum Gasteiger partial charge on any atom is -0.383 e. The van der Waals surface area contributed by atoms with Gasteiger partial charge in [-0.1, -0.05) is 18.2 Å². The minimum absolute atomic E-state index is 0.0490. The van der Waals surface area contributed by atoms with Crippen LogP contribution in [0.3, 0.4) is 0 Å². The molecule has 1 unspecified atom stereocenters. The molecule has 3 heterocycles. The van der Waals surface area contributed by atoms with Gasteiger partial charge in [-0.2, -0.15) is 5.10 Å². The van der Waals surface area contributed by atoms with Crippen LogP contribution in [-0.4, -0.2) is 49.0 Å². The molecule has 0 bridgehead atoms. The first kappa shape index (κ1) is 17.7. The number of carbonyl (C=O) groups is 1. The van der Waals surface area contributed by atoms with Crippen LogP contribution >= 0.6 is 0 Å². The van der Waals surface area contributed by atoms with Crippen LogP contribution in [0, 0.1) is 5.92 Å². The van der Waals surface area contributed by atoms with Gasteiger partial charge in [-0.15, -0.1) is 0 Å². The van der Waals surface area contributed by atoms with Gasteiger partial charge >= 0.3 is 0 Å². The second-order valence-electron chi connectivity index (χ2n) is 7.07. The maximum atomic E-state index is 13.0. The Morgan fingerprint density at radius 1 is 1.30 bits per heavy atom. The summed E-state index contributed by atoms with van der Waals surface area (Å²) in [7, 11) is 1.60. The van der Waals surface area contributed by atoms with Crippen LogP contribution in [0.25, 0.3) is 0 Å². The predicted molar refractivity (Wildman–Crippen MR) is 103 cm³/mol. The number of anilines is 2. The Kier molecular flexibility index (Phi) is 4.94. The minimum atomic E-state index is -0.146. The monoisotopic (exact) mass is 368 g/mol. The van der Waals surface area contributed by atoms with E-state index in [4.69, 9.17) is 4.74 Å². The van der Waals surface area contributed by atoms with E-state index in [1.807, 2.05) is 23.1 Å². The first-order chi connectivity index (χ1) is 13.2. The average Bonchev–Trinajstić information content (AvgIpc) is 3.34. The summed E-state index contributed by atoms with van der Waals surface area (Å²) in [6.07, 6.45) is 3.42. The highest BCUT2D eigenvalue weighted by atomic mass is 16.5. The topological polar surface area (TPSA) is 67.7 Å². The van der Waals surface area contributed by atoms with Crippen LogP contribution in [0.1, 0.15) is 12.0 Å². The molecule has 0 spiro atoms. The van der Waals surface area contributed by atoms with E-state index in [1.54, 1.807) is 19.4 Å². The van der Waals surface area contributed by atoms with Gasteiger partial charge in [0.1, 0.15) is 0 Å². The molecule has 27 heavy (non-hydrogen) atoms. The summed E-state index contributed by atoms with van der Waals surface area (Å²) in [5.74, 6) is 0.135. The molecule has 1 atom stereocenters. The zero-order valence-corrected chi connectivity index (χ0v) is 15.5. The quantitative estimate of drug-likeness (QED) is 0.796. The molecule has 1 amide bonds. The van der Waals surface area contributed by atoms with Crippen LogP contribution in [0.15, 0.2) is 41.3 Å². The normalized spacial score (nSPS) is 18.8. The van der Waals surface area contributed by atoms with Gasteiger partial charge in [0.15, 0.2) is 0 Å². The van der Waals surface area contributed by atoms with Crippen molar-refractivity contribution in [1.29, 1.82) is 0 Å². The Morgan fingerprint density at radius 2 is 2.15 bits per heavy atom. The SMILES string of the molecule is COCCn1ncc(N2CCC(C(=O)N3CCc4ccccc43)C2)cc1=O. The number of rotatable bonds is 5. The molecule has 142 valence electrons. The van der Waals surface area contributed by atoms with Gasteiger partial charge in [0.25, 0.3) is 5.56 Å². The second kappa shape index (κ2) is 7.52. The maximum absolute atomic E-state index is 13.0. The zero-order chi connectivity index (χ0) is 18.8. The fourth-order valence-electron chi connectivity index (χ4n) is 3.93. The molecule has 1 saturated heterocycles. The number of benzene rings is 1. The third-order valence-electron chi connectivity index (χ3n) is 5.42. The number of para-hydroxylation sites is 1. The molecule has 4 rings (SSSR count). The van der Waals surface area contributed by atoms with Crippen molar-refractivity contribution in [2.24, 2.45) is 5.92 Å². The van der Waals surface area contributed by atoms with E-state index in [-0.39, 0.29) is 17.4 Å². The predicted octanol–water partition coefficient (Wildman–Crippen LogP) is 1.31. The molecule has 2 aliphatic rings. The van der Waals surface area contributed by atoms with E-state index in [9.17, 15) is 9.59 Å². The van der Waals surface area contributed by atoms with Crippen molar-refractivity contribution in [2.45, 2.75) is 19.4 Å². The summed E-state index contributed by atoms with van der Waals surface area (Å²) in [5.41, 5.74) is 2.92. The molecule has 0 radical (unpaired) electrons. The number of ether oxygens (including phenoxy) is 1. The van der Waals surface area contributed by atoms with Crippen molar-refractivity contribution in [3.63, 3.8) is 0 Å². The molecule has 7 nitrogen and oxygen atoms in total. The van der Waals surface area contributed by atoms with E-state index in [2.05, 4.69) is 16.1 Å². The second-order valence-corrected chi connectivity index (χ2v) is 7.07. The number of nitrogens with zero attached hydrogens (tertiary/aromatic N) is 4. The molecule has 7 heteroatoms. The summed E-state index contributed by atoms with van der Waals surface area (Å²) in [5, 5.41) is 4.22. The Balaban J connectivity index is 1.44. The van der Waals surface area contributed by atoms with Crippen LogP contribution < -0.4 is 15.4 Å². The number of methoxy groups -OCH3 is 1. The Labute approximate surface area is 158 Å². The number of hydrogen-bond donors (Lipinski definition) is 0. The summed E-state index contributed by atoms with van der Waals surface area (Å²) >= 11 is 0. The van der Waals surface area contributed by atoms with Crippen LogP contribution in [0.5, 0.6) is 0 Å². The lowest BCUT2D eigenvalue weighted by Gasteiger charge is -2.22. The molecule has 1 fully saturated rings. The highest BCUT2D eigenvalue weighted by molar-refractivity contribution is 5.97. The van der Waals surface area contributed by atoms with E-state index < -0.39 is 0 Å². The van der Waals surface area contributed by atoms with E-state index in [0.717, 1.165) is 37.3 Å². The van der Waals surface area contributed by atoms with Gasteiger partial charge in [0.2, 0.25) is 5.91 Å². The van der Waals surface area contributed by atoms with Crippen molar-refractivity contribution in [1.82, 2.24) is 9.78 Å². The zero-order valence-electron chi connectivity index (χ0n) is 15.5. The summed E-state index contributed by atoms with van der Waals surface area (Å²) < 4.78 is 6.39. The van der Waals surface area contributed by atoms with Gasteiger partial charge < -0.3 is 14.5 Å². The van der Waals surface area contributed by atoms with Crippen molar-refractivity contribution < 1.29 is 9.53 Å². The highest BCUT2D eigenvalue weighted by Gasteiger charge is 2.34. The van der Waals surface area contributed by atoms with Gasteiger partial charge in [0, 0.05) is 38.5 Å². The largest absolute Gasteiger partial charge is 0.383 e. The van der Waals surface area contributed by atoms with E-state index in [1.165, 1.54) is 10.2 Å². The molecule has 2 aliphatic heterocycles. The van der Waals surface area contributed by atoms with Crippen molar-refractivity contribution >= 4 is 17.3 Å². The molecular formula is C20H24N4O3. The third kappa shape index (κ3) is 3.47. The molecule has 0 aliphatic carbocycles. The maximum Gasteiger partial charge on any atom is 0.268 e. The first-order valence-electron chi connectivity index (χ1n) is 9.37. The smallest absolute Gasteiger partial charge is 0.268 e. The number of carbonyl (C=O) groups excluding carboxylic acids is 1. The van der Waals surface area contributed by atoms with Gasteiger partial charge in [-0.25, -0.2) is 4.68 Å². The van der Waals surface area contributed by atoms with Crippen LogP contribution in [0.2, 0.25) is 0 Å². The van der Waals surface area contributed by atoms with Gasteiger partial charge in [0.05, 0.1) is 31.0 Å². The summed E-state index contributed by atoms with van der Waals surface area (Å²) in [6.45, 7) is 3.02. The lowest BCUT2D eigenvalue weighted by atomic mass is 10.1. The van der Waals surface area contributed by atoms with Crippen molar-refractivity contribution in [3.05, 3.63) is 52.4 Å². The number of fused-ring (bicyclic) bond motifs is 1. The molecule has 2 aromatic rings. The van der Waals surface area contributed by atoms with Crippen LogP contribution in [-0.2, 0) is 22.5 Å². The first-order valence-corrected chi connectivity index (χ1v) is 9.37. The highest BCUT2D eigenvalue weighted by Crippen LogP contribution is 2.31. The Bertz CT molecular complexity index is 895. The Hall–Kier alpha value is -2.67. The lowest BCUT2D eigenvalue weighted by Crippen LogP contribution is -2.36. The van der Waals surface area contributed by atoms with Gasteiger partial charge in [-0.05, 0) is 24.5 Å². The number of amides is 1. The lowest BCUT2D eigenvalue weighted by molar-refractivity contribution is -0.121. The van der Waals surface area contributed by atoms with Crippen LogP contribution in [0.4, 0.5) is 11.4 Å². The van der Waals surface area contributed by atoms with Crippen molar-refractivity contribution in [2.75, 3.05) is 43.2 Å². The van der Waals surface area contributed by atoms with E-state index >= 15 is 0 Å². The fraction of sp³-hybridized carbons (Fsp3) is 0.450. The summed E-state index contributed by atoms with van der Waals surface area (Å²) in [4.78, 5) is 29.2. The van der Waals surface area contributed by atoms with Crippen molar-refractivity contribution in [3.8, 4) is 0 Å². The Morgan fingerprint density at radius 3 is 2.96 bits per heavy atom. The average molecular weight is 368 g/mol. The molecule has 1 aromatic heterocycles. The number of hydrogen-bond acceptors (Lipinski definition) is 5. The standard InChI is InChI=1S/C20H24N4O3/c1-27-11-10-24-19(25)12-17(13-21-24)22-8-6-16(14-22)20(26)23-9-7-15-4-2-3-5-18(15)23/h2-5,12-13,16H,6-11,14H2,1H3. The summed E-state index contributed by atoms with van der Waals surface area (Å²) in [6, 6.07) is 9.71. The molecular weight excluding hydrogens is 344 g/mol. The molecule has 1 aromatic carbocycles. The van der Waals surface area contributed by atoms with E-state index in [0.29, 0.717) is 19.7 Å². The molecule has 0 saturated carbocycles. The number of aromatic nitrogens is 2. The third-order valence-corrected chi connectivity index (χ3v) is 5.42. The molecule has 0 N–H and O–H groups in total. The fourth-order valence-corrected chi connectivity index (χ4v) is 3.93.